The zero-order chi connectivity index (χ0) is 19.8. The zero-order valence-electron chi connectivity index (χ0n) is 14.7. The number of pyridine rings is 1. The molecule has 0 saturated carbocycles. The first kappa shape index (κ1) is 20.9. The van der Waals surface area contributed by atoms with Crippen LogP contribution in [-0.4, -0.2) is 42.2 Å². The number of rotatable bonds is 7. The number of hydrogen-bond donors (Lipinski definition) is 2. The number of halogens is 1. The number of anilines is 1. The second-order valence-electron chi connectivity index (χ2n) is 5.42. The Morgan fingerprint density at radius 1 is 1.22 bits per heavy atom. The molecule has 2 rings (SSSR count). The molecule has 27 heavy (non-hydrogen) atoms. The van der Waals surface area contributed by atoms with Crippen LogP contribution in [0.4, 0.5) is 5.69 Å². The van der Waals surface area contributed by atoms with Crippen LogP contribution in [-0.2, 0) is 14.3 Å². The number of thioether (sulfide) groups is 1. The molecule has 0 aliphatic rings. The molecular formula is C18H18BrN3O4S. The number of carbonyl (C=O) groups excluding carboxylic acids is 3. The van der Waals surface area contributed by atoms with Gasteiger partial charge >= 0.3 is 5.97 Å². The molecule has 0 bridgehead atoms. The Balaban J connectivity index is 1.78. The van der Waals surface area contributed by atoms with E-state index >= 15 is 0 Å². The van der Waals surface area contributed by atoms with Crippen LogP contribution >= 0.6 is 27.7 Å². The van der Waals surface area contributed by atoms with Crippen molar-refractivity contribution in [2.75, 3.05) is 24.7 Å². The van der Waals surface area contributed by atoms with Crippen molar-refractivity contribution >= 4 is 51.2 Å². The van der Waals surface area contributed by atoms with Crippen molar-refractivity contribution in [3.8, 4) is 0 Å². The van der Waals surface area contributed by atoms with Crippen LogP contribution in [0, 0.1) is 6.92 Å². The first-order valence-electron chi connectivity index (χ1n) is 7.89. The average Bonchev–Trinajstić information content (AvgIpc) is 2.66. The van der Waals surface area contributed by atoms with E-state index in [1.807, 2.05) is 19.1 Å². The second-order valence-corrected chi connectivity index (χ2v) is 7.13. The number of amides is 2. The van der Waals surface area contributed by atoms with Gasteiger partial charge in [-0.1, -0.05) is 15.9 Å². The van der Waals surface area contributed by atoms with Gasteiger partial charge in [0.15, 0.2) is 6.61 Å². The number of ether oxygens (including phenoxy) is 1. The van der Waals surface area contributed by atoms with Crippen LogP contribution in [0.1, 0.15) is 15.9 Å². The van der Waals surface area contributed by atoms with Gasteiger partial charge in [0.1, 0.15) is 5.03 Å². The van der Waals surface area contributed by atoms with E-state index in [1.165, 1.54) is 11.8 Å². The summed E-state index contributed by atoms with van der Waals surface area (Å²) in [7, 11) is 0. The molecule has 0 unspecified atom stereocenters. The largest absolute Gasteiger partial charge is 0.452 e. The van der Waals surface area contributed by atoms with E-state index in [2.05, 4.69) is 31.5 Å². The number of aryl methyl sites for hydroxylation is 1. The van der Waals surface area contributed by atoms with E-state index < -0.39 is 18.5 Å². The summed E-state index contributed by atoms with van der Waals surface area (Å²) in [5, 5.41) is 5.64. The third kappa shape index (κ3) is 6.37. The van der Waals surface area contributed by atoms with Crippen molar-refractivity contribution in [3.63, 3.8) is 0 Å². The van der Waals surface area contributed by atoms with Gasteiger partial charge in [-0.05, 0) is 49.1 Å². The number of nitrogens with one attached hydrogen (secondary N) is 2. The van der Waals surface area contributed by atoms with Crippen molar-refractivity contribution in [1.82, 2.24) is 10.3 Å². The fourth-order valence-corrected chi connectivity index (χ4v) is 3.12. The van der Waals surface area contributed by atoms with E-state index in [4.69, 9.17) is 4.74 Å². The highest BCUT2D eigenvalue weighted by atomic mass is 79.9. The van der Waals surface area contributed by atoms with Crippen LogP contribution in [0.3, 0.4) is 0 Å². The van der Waals surface area contributed by atoms with Gasteiger partial charge in [-0.3, -0.25) is 9.59 Å². The number of hydrogen-bond acceptors (Lipinski definition) is 6. The summed E-state index contributed by atoms with van der Waals surface area (Å²) in [5.74, 6) is -1.59. The van der Waals surface area contributed by atoms with Gasteiger partial charge < -0.3 is 15.4 Å². The first-order chi connectivity index (χ1) is 12.9. The van der Waals surface area contributed by atoms with E-state index in [9.17, 15) is 14.4 Å². The molecule has 0 fully saturated rings. The molecule has 0 saturated heterocycles. The van der Waals surface area contributed by atoms with Gasteiger partial charge in [-0.15, -0.1) is 11.8 Å². The number of aromatic nitrogens is 1. The summed E-state index contributed by atoms with van der Waals surface area (Å²) in [4.78, 5) is 39.8. The Morgan fingerprint density at radius 3 is 2.70 bits per heavy atom. The minimum Gasteiger partial charge on any atom is -0.452 e. The maximum atomic E-state index is 12.0. The minimum atomic E-state index is -0.641. The fraction of sp³-hybridized carbons (Fsp3) is 0.222. The summed E-state index contributed by atoms with van der Waals surface area (Å²) in [5.41, 5.74) is 1.84. The third-order valence-corrected chi connectivity index (χ3v) is 4.63. The summed E-state index contributed by atoms with van der Waals surface area (Å²) in [6.45, 7) is 1.15. The maximum Gasteiger partial charge on any atom is 0.341 e. The third-order valence-electron chi connectivity index (χ3n) is 3.43. The molecule has 2 aromatic rings. The predicted molar refractivity (Wildman–Crippen MR) is 107 cm³/mol. The molecule has 1 aromatic heterocycles. The van der Waals surface area contributed by atoms with E-state index in [-0.39, 0.29) is 12.5 Å². The van der Waals surface area contributed by atoms with E-state index in [0.29, 0.717) is 16.3 Å². The molecule has 1 aromatic carbocycles. The Hall–Kier alpha value is -2.39. The normalized spacial score (nSPS) is 10.2. The van der Waals surface area contributed by atoms with Crippen LogP contribution in [0.15, 0.2) is 46.0 Å². The monoisotopic (exact) mass is 451 g/mol. The topological polar surface area (TPSA) is 97.4 Å². The lowest BCUT2D eigenvalue weighted by Crippen LogP contribution is -2.35. The van der Waals surface area contributed by atoms with Crippen molar-refractivity contribution in [2.45, 2.75) is 11.9 Å². The number of benzene rings is 1. The van der Waals surface area contributed by atoms with Crippen LogP contribution in [0.2, 0.25) is 0 Å². The Bertz CT molecular complexity index is 860. The Kier molecular flexibility index (Phi) is 7.81. The zero-order valence-corrected chi connectivity index (χ0v) is 17.1. The van der Waals surface area contributed by atoms with Crippen molar-refractivity contribution in [3.05, 3.63) is 52.1 Å². The Labute approximate surface area is 169 Å². The molecule has 0 radical (unpaired) electrons. The lowest BCUT2D eigenvalue weighted by atomic mass is 10.2. The van der Waals surface area contributed by atoms with Crippen molar-refractivity contribution < 1.29 is 19.1 Å². The van der Waals surface area contributed by atoms with Crippen molar-refractivity contribution in [1.29, 1.82) is 0 Å². The molecule has 2 amide bonds. The summed E-state index contributed by atoms with van der Waals surface area (Å²) >= 11 is 4.66. The average molecular weight is 452 g/mol. The van der Waals surface area contributed by atoms with Gasteiger partial charge in [0.05, 0.1) is 12.1 Å². The highest BCUT2D eigenvalue weighted by Crippen LogP contribution is 2.20. The molecule has 9 heteroatoms. The van der Waals surface area contributed by atoms with Crippen molar-refractivity contribution in [2.24, 2.45) is 0 Å². The lowest BCUT2D eigenvalue weighted by Gasteiger charge is -2.10. The summed E-state index contributed by atoms with van der Waals surface area (Å²) in [6.07, 6.45) is 3.36. The van der Waals surface area contributed by atoms with Crippen LogP contribution in [0.25, 0.3) is 0 Å². The summed E-state index contributed by atoms with van der Waals surface area (Å²) < 4.78 is 5.88. The van der Waals surface area contributed by atoms with Gasteiger partial charge in [-0.25, -0.2) is 9.78 Å². The molecule has 2 N–H and O–H groups in total. The molecule has 7 nitrogen and oxygen atoms in total. The molecule has 0 aliphatic carbocycles. The van der Waals surface area contributed by atoms with E-state index in [0.717, 1.165) is 10.0 Å². The standard InChI is InChI=1S/C18H18BrN3O4S/c1-11-8-12(19)5-6-14(11)22-15(23)9-21-16(24)10-26-18(25)13-4-3-7-20-17(13)27-2/h3-8H,9-10H2,1-2H3,(H,21,24)(H,22,23). The van der Waals surface area contributed by atoms with E-state index in [1.54, 1.807) is 30.7 Å². The highest BCUT2D eigenvalue weighted by Gasteiger charge is 2.15. The fourth-order valence-electron chi connectivity index (χ4n) is 2.11. The van der Waals surface area contributed by atoms with Crippen LogP contribution in [0.5, 0.6) is 0 Å². The lowest BCUT2D eigenvalue weighted by molar-refractivity contribution is -0.126. The summed E-state index contributed by atoms with van der Waals surface area (Å²) in [6, 6.07) is 8.63. The SMILES string of the molecule is CSc1ncccc1C(=O)OCC(=O)NCC(=O)Nc1ccc(Br)cc1C. The Morgan fingerprint density at radius 2 is 2.00 bits per heavy atom. The van der Waals surface area contributed by atoms with Gasteiger partial charge in [-0.2, -0.15) is 0 Å². The molecular weight excluding hydrogens is 434 g/mol. The van der Waals surface area contributed by atoms with Crippen LogP contribution < -0.4 is 10.6 Å². The molecule has 1 heterocycles. The highest BCUT2D eigenvalue weighted by molar-refractivity contribution is 9.10. The molecule has 142 valence electrons. The van der Waals surface area contributed by atoms with Gasteiger partial charge in [0.25, 0.3) is 5.91 Å². The minimum absolute atomic E-state index is 0.227. The molecule has 0 atom stereocenters. The predicted octanol–water partition coefficient (Wildman–Crippen LogP) is 2.79. The molecule has 0 aliphatic heterocycles. The number of nitrogens with zero attached hydrogens (tertiary/aromatic N) is 1. The maximum absolute atomic E-state index is 12.0. The quantitative estimate of drug-likeness (QED) is 0.496. The number of esters is 1. The van der Waals surface area contributed by atoms with Gasteiger partial charge in [0.2, 0.25) is 5.91 Å². The number of carbonyl (C=O) groups is 3. The molecule has 0 spiro atoms. The van der Waals surface area contributed by atoms with Gasteiger partial charge in [0, 0.05) is 16.4 Å². The smallest absolute Gasteiger partial charge is 0.341 e. The second kappa shape index (κ2) is 10.1. The first-order valence-corrected chi connectivity index (χ1v) is 9.91.